The summed E-state index contributed by atoms with van der Waals surface area (Å²) < 4.78 is 38.5. The van der Waals surface area contributed by atoms with E-state index in [-0.39, 0.29) is 11.3 Å². The molecule has 0 N–H and O–H groups in total. The Morgan fingerprint density at radius 1 is 0.967 bits per heavy atom. The molecule has 0 radical (unpaired) electrons. The topological polar surface area (TPSA) is 72.9 Å². The summed E-state index contributed by atoms with van der Waals surface area (Å²) in [6.07, 6.45) is 0.278. The lowest BCUT2D eigenvalue weighted by molar-refractivity contribution is -0.141. The van der Waals surface area contributed by atoms with Gasteiger partial charge in [-0.05, 0) is 41.5 Å². The first-order chi connectivity index (χ1) is 14.5. The highest BCUT2D eigenvalue weighted by Gasteiger charge is 2.42. The van der Waals surface area contributed by atoms with Crippen molar-refractivity contribution in [1.29, 1.82) is 0 Å². The van der Waals surface area contributed by atoms with Crippen LogP contribution in [-0.4, -0.2) is 27.5 Å². The molecule has 1 aliphatic heterocycles. The van der Waals surface area contributed by atoms with E-state index in [9.17, 15) is 13.2 Å². The smallest absolute Gasteiger partial charge is 0.330 e. The van der Waals surface area contributed by atoms with E-state index in [4.69, 9.17) is 9.47 Å². The fourth-order valence-electron chi connectivity index (χ4n) is 3.53. The molecule has 1 heterocycles. The highest BCUT2D eigenvalue weighted by molar-refractivity contribution is 7.93. The summed E-state index contributed by atoms with van der Waals surface area (Å²) in [6.45, 7) is 0.386. The standard InChI is InChI=1S/C23H21NO5S/c1-28-23(25)22-15-18-9-5-6-10-21(18)24(22)30(26,27)20-13-11-19(12-14-20)29-16-17-7-3-2-4-8-17/h2-14,22H,15-16H2,1H3/t22-/m0/s1. The number of benzene rings is 3. The molecule has 0 aromatic heterocycles. The first-order valence-electron chi connectivity index (χ1n) is 9.47. The maximum atomic E-state index is 13.4. The van der Waals surface area contributed by atoms with Crippen molar-refractivity contribution < 1.29 is 22.7 Å². The van der Waals surface area contributed by atoms with Gasteiger partial charge in [0.25, 0.3) is 10.0 Å². The van der Waals surface area contributed by atoms with Gasteiger partial charge in [-0.2, -0.15) is 0 Å². The number of nitrogens with zero attached hydrogens (tertiary/aromatic N) is 1. The molecule has 1 atom stereocenters. The summed E-state index contributed by atoms with van der Waals surface area (Å²) in [6, 6.07) is 22.1. The number of anilines is 1. The minimum absolute atomic E-state index is 0.0835. The molecule has 0 fully saturated rings. The Labute approximate surface area is 175 Å². The Morgan fingerprint density at radius 3 is 2.33 bits per heavy atom. The van der Waals surface area contributed by atoms with Crippen molar-refractivity contribution in [2.24, 2.45) is 0 Å². The lowest BCUT2D eigenvalue weighted by Gasteiger charge is -2.25. The molecule has 0 saturated carbocycles. The maximum absolute atomic E-state index is 13.4. The van der Waals surface area contributed by atoms with Gasteiger partial charge >= 0.3 is 5.97 Å². The number of hydrogen-bond acceptors (Lipinski definition) is 5. The second-order valence-electron chi connectivity index (χ2n) is 6.92. The van der Waals surface area contributed by atoms with E-state index in [2.05, 4.69) is 0 Å². The molecule has 0 saturated heterocycles. The van der Waals surface area contributed by atoms with Gasteiger partial charge in [-0.1, -0.05) is 48.5 Å². The zero-order valence-corrected chi connectivity index (χ0v) is 17.2. The Bertz CT molecular complexity index is 1140. The van der Waals surface area contributed by atoms with Crippen LogP contribution < -0.4 is 9.04 Å². The number of carbonyl (C=O) groups is 1. The Hall–Kier alpha value is -3.32. The monoisotopic (exact) mass is 423 g/mol. The van der Waals surface area contributed by atoms with E-state index >= 15 is 0 Å². The summed E-state index contributed by atoms with van der Waals surface area (Å²) in [5, 5.41) is 0. The molecule has 6 nitrogen and oxygen atoms in total. The molecule has 0 aliphatic carbocycles. The first-order valence-corrected chi connectivity index (χ1v) is 10.9. The molecule has 3 aromatic rings. The Morgan fingerprint density at radius 2 is 1.63 bits per heavy atom. The van der Waals surface area contributed by atoms with E-state index in [1.54, 1.807) is 24.3 Å². The normalized spacial score (nSPS) is 15.5. The van der Waals surface area contributed by atoms with Crippen LogP contribution in [0.2, 0.25) is 0 Å². The summed E-state index contributed by atoms with van der Waals surface area (Å²) in [7, 11) is -2.70. The predicted molar refractivity (Wildman–Crippen MR) is 113 cm³/mol. The zero-order valence-electron chi connectivity index (χ0n) is 16.4. The second-order valence-corrected chi connectivity index (χ2v) is 8.73. The van der Waals surface area contributed by atoms with Gasteiger partial charge < -0.3 is 9.47 Å². The number of fused-ring (bicyclic) bond motifs is 1. The first kappa shape index (κ1) is 20.0. The van der Waals surface area contributed by atoms with E-state index in [0.717, 1.165) is 15.4 Å². The van der Waals surface area contributed by atoms with Crippen molar-refractivity contribution in [3.8, 4) is 5.75 Å². The average molecular weight is 423 g/mol. The van der Waals surface area contributed by atoms with Crippen molar-refractivity contribution in [3.05, 3.63) is 90.0 Å². The molecular weight excluding hydrogens is 402 g/mol. The van der Waals surface area contributed by atoms with E-state index in [1.807, 2.05) is 42.5 Å². The maximum Gasteiger partial charge on any atom is 0.330 e. The third-order valence-electron chi connectivity index (χ3n) is 5.03. The van der Waals surface area contributed by atoms with E-state index in [1.165, 1.54) is 19.2 Å². The fourth-order valence-corrected chi connectivity index (χ4v) is 5.17. The van der Waals surface area contributed by atoms with Crippen LogP contribution in [0.1, 0.15) is 11.1 Å². The summed E-state index contributed by atoms with van der Waals surface area (Å²) in [5.74, 6) is -0.0262. The minimum atomic E-state index is -3.96. The summed E-state index contributed by atoms with van der Waals surface area (Å²) >= 11 is 0. The summed E-state index contributed by atoms with van der Waals surface area (Å²) in [4.78, 5) is 12.4. The van der Waals surface area contributed by atoms with Gasteiger partial charge in [-0.15, -0.1) is 0 Å². The molecule has 30 heavy (non-hydrogen) atoms. The third kappa shape index (κ3) is 3.76. The number of rotatable bonds is 6. The second kappa shape index (κ2) is 8.20. The molecule has 1 aliphatic rings. The Kier molecular flexibility index (Phi) is 5.46. The van der Waals surface area contributed by atoms with Crippen LogP contribution in [0.4, 0.5) is 5.69 Å². The minimum Gasteiger partial charge on any atom is -0.489 e. The van der Waals surface area contributed by atoms with Crippen molar-refractivity contribution in [2.45, 2.75) is 24.0 Å². The van der Waals surface area contributed by atoms with Crippen molar-refractivity contribution in [2.75, 3.05) is 11.4 Å². The molecule has 0 spiro atoms. The van der Waals surface area contributed by atoms with Gasteiger partial charge in [0.2, 0.25) is 0 Å². The van der Waals surface area contributed by atoms with Gasteiger partial charge in [-0.3, -0.25) is 4.31 Å². The molecule has 4 rings (SSSR count). The van der Waals surface area contributed by atoms with Crippen LogP contribution >= 0.6 is 0 Å². The van der Waals surface area contributed by atoms with E-state index < -0.39 is 22.0 Å². The molecule has 0 unspecified atom stereocenters. The van der Waals surface area contributed by atoms with Crippen LogP contribution in [0.25, 0.3) is 0 Å². The van der Waals surface area contributed by atoms with Crippen molar-refractivity contribution in [3.63, 3.8) is 0 Å². The van der Waals surface area contributed by atoms with Crippen LogP contribution in [0.15, 0.2) is 83.8 Å². The zero-order chi connectivity index (χ0) is 21.1. The van der Waals surface area contributed by atoms with Crippen LogP contribution in [0.3, 0.4) is 0 Å². The molecule has 7 heteroatoms. The molecule has 3 aromatic carbocycles. The van der Waals surface area contributed by atoms with Gasteiger partial charge in [-0.25, -0.2) is 13.2 Å². The SMILES string of the molecule is COC(=O)[C@@H]1Cc2ccccc2N1S(=O)(=O)c1ccc(OCc2ccccc2)cc1. The quantitative estimate of drug-likeness (QED) is 0.567. The number of ether oxygens (including phenoxy) is 2. The highest BCUT2D eigenvalue weighted by Crippen LogP contribution is 2.37. The number of methoxy groups -OCH3 is 1. The van der Waals surface area contributed by atoms with Crippen molar-refractivity contribution >= 4 is 21.7 Å². The largest absolute Gasteiger partial charge is 0.489 e. The number of hydrogen-bond donors (Lipinski definition) is 0. The van der Waals surface area contributed by atoms with E-state index in [0.29, 0.717) is 18.0 Å². The molecule has 154 valence electrons. The van der Waals surface area contributed by atoms with Gasteiger partial charge in [0.05, 0.1) is 17.7 Å². The van der Waals surface area contributed by atoms with Crippen LogP contribution in [0.5, 0.6) is 5.75 Å². The third-order valence-corrected chi connectivity index (χ3v) is 6.86. The fraction of sp³-hybridized carbons (Fsp3) is 0.174. The Balaban J connectivity index is 1.60. The predicted octanol–water partition coefficient (Wildman–Crippen LogP) is 3.56. The average Bonchev–Trinajstić information content (AvgIpc) is 3.18. The lowest BCUT2D eigenvalue weighted by Crippen LogP contribution is -2.43. The summed E-state index contributed by atoms with van der Waals surface area (Å²) in [5.41, 5.74) is 2.31. The number of esters is 1. The number of para-hydroxylation sites is 1. The van der Waals surface area contributed by atoms with Gasteiger partial charge in [0.1, 0.15) is 18.4 Å². The van der Waals surface area contributed by atoms with Crippen molar-refractivity contribution in [1.82, 2.24) is 0 Å². The molecule has 0 bridgehead atoms. The lowest BCUT2D eigenvalue weighted by atomic mass is 10.1. The van der Waals surface area contributed by atoms with Gasteiger partial charge in [0, 0.05) is 6.42 Å². The van der Waals surface area contributed by atoms with Crippen LogP contribution in [-0.2, 0) is 32.6 Å². The molecular formula is C23H21NO5S. The molecule has 0 amide bonds. The highest BCUT2D eigenvalue weighted by atomic mass is 32.2. The van der Waals surface area contributed by atoms with Gasteiger partial charge in [0.15, 0.2) is 0 Å². The number of carbonyl (C=O) groups excluding carboxylic acids is 1. The number of sulfonamides is 1. The van der Waals surface area contributed by atoms with Crippen LogP contribution in [0, 0.1) is 0 Å².